The van der Waals surface area contributed by atoms with Crippen LogP contribution in [0.5, 0.6) is 0 Å². The highest BCUT2D eigenvalue weighted by atomic mass is 16.4. The number of hydrogen-bond acceptors (Lipinski definition) is 2. The van der Waals surface area contributed by atoms with Crippen LogP contribution in [0.1, 0.15) is 58.3 Å². The Bertz CT molecular complexity index is 276. The zero-order valence-corrected chi connectivity index (χ0v) is 11.4. The number of rotatable bonds is 7. The predicted molar refractivity (Wildman–Crippen MR) is 70.3 cm³/mol. The number of likely N-dealkylation sites (tertiary alicyclic amines) is 1. The standard InChI is InChI=1S/C14H25NO3/c1-2-6-12-7-5-10-15(11-12)13(16)8-3-4-9-14(17)18/h12H,2-11H2,1H3,(H,17,18). The fourth-order valence-electron chi connectivity index (χ4n) is 2.65. The van der Waals surface area contributed by atoms with Gasteiger partial charge in [0.2, 0.25) is 5.91 Å². The molecule has 0 aromatic carbocycles. The van der Waals surface area contributed by atoms with E-state index < -0.39 is 5.97 Å². The molecule has 0 aliphatic carbocycles. The average molecular weight is 255 g/mol. The first-order valence-corrected chi connectivity index (χ1v) is 7.13. The van der Waals surface area contributed by atoms with Gasteiger partial charge in [-0.3, -0.25) is 9.59 Å². The highest BCUT2D eigenvalue weighted by Gasteiger charge is 2.22. The van der Waals surface area contributed by atoms with Crippen LogP contribution in [0.15, 0.2) is 0 Å². The molecular formula is C14H25NO3. The second-order valence-corrected chi connectivity index (χ2v) is 5.24. The van der Waals surface area contributed by atoms with Gasteiger partial charge in [0.25, 0.3) is 0 Å². The van der Waals surface area contributed by atoms with Crippen LogP contribution >= 0.6 is 0 Å². The molecule has 4 nitrogen and oxygen atoms in total. The van der Waals surface area contributed by atoms with Gasteiger partial charge < -0.3 is 10.0 Å². The molecule has 1 aliphatic rings. The van der Waals surface area contributed by atoms with E-state index in [-0.39, 0.29) is 12.3 Å². The summed E-state index contributed by atoms with van der Waals surface area (Å²) < 4.78 is 0. The number of carbonyl (C=O) groups is 2. The van der Waals surface area contributed by atoms with Crippen LogP contribution in [-0.4, -0.2) is 35.0 Å². The Balaban J connectivity index is 2.21. The van der Waals surface area contributed by atoms with Gasteiger partial charge in [-0.1, -0.05) is 13.3 Å². The van der Waals surface area contributed by atoms with Crippen LogP contribution in [0, 0.1) is 5.92 Å². The van der Waals surface area contributed by atoms with Crippen molar-refractivity contribution in [2.45, 2.75) is 58.3 Å². The summed E-state index contributed by atoms with van der Waals surface area (Å²) in [4.78, 5) is 24.3. The molecule has 1 rings (SSSR count). The van der Waals surface area contributed by atoms with E-state index in [0.717, 1.165) is 19.5 Å². The van der Waals surface area contributed by atoms with Crippen molar-refractivity contribution >= 4 is 11.9 Å². The Morgan fingerprint density at radius 3 is 2.67 bits per heavy atom. The molecule has 0 spiro atoms. The van der Waals surface area contributed by atoms with Crippen LogP contribution in [0.4, 0.5) is 0 Å². The summed E-state index contributed by atoms with van der Waals surface area (Å²) in [6.45, 7) is 3.98. The minimum absolute atomic E-state index is 0.172. The number of piperidine rings is 1. The molecule has 1 amide bonds. The van der Waals surface area contributed by atoms with E-state index >= 15 is 0 Å². The molecule has 1 heterocycles. The summed E-state index contributed by atoms with van der Waals surface area (Å²) in [5, 5.41) is 8.53. The van der Waals surface area contributed by atoms with Crippen molar-refractivity contribution in [1.29, 1.82) is 0 Å². The Kier molecular flexibility index (Phi) is 6.76. The van der Waals surface area contributed by atoms with E-state index in [1.807, 2.05) is 4.90 Å². The summed E-state index contributed by atoms with van der Waals surface area (Å²) in [5.74, 6) is 0.108. The molecule has 0 bridgehead atoms. The van der Waals surface area contributed by atoms with Gasteiger partial charge in [-0.05, 0) is 38.0 Å². The van der Waals surface area contributed by atoms with Crippen molar-refractivity contribution in [1.82, 2.24) is 4.90 Å². The van der Waals surface area contributed by atoms with E-state index in [2.05, 4.69) is 6.92 Å². The Hall–Kier alpha value is -1.06. The molecule has 0 radical (unpaired) electrons. The molecular weight excluding hydrogens is 230 g/mol. The number of carboxylic acids is 1. The number of nitrogens with zero attached hydrogens (tertiary/aromatic N) is 1. The van der Waals surface area contributed by atoms with Gasteiger partial charge >= 0.3 is 5.97 Å². The van der Waals surface area contributed by atoms with E-state index in [0.29, 0.717) is 25.2 Å². The molecule has 1 saturated heterocycles. The first-order chi connectivity index (χ1) is 8.63. The van der Waals surface area contributed by atoms with Gasteiger partial charge in [0.05, 0.1) is 0 Å². The van der Waals surface area contributed by atoms with E-state index in [4.69, 9.17) is 5.11 Å². The van der Waals surface area contributed by atoms with Crippen LogP contribution in [-0.2, 0) is 9.59 Å². The van der Waals surface area contributed by atoms with Crippen molar-refractivity contribution in [3.63, 3.8) is 0 Å². The van der Waals surface area contributed by atoms with Gasteiger partial charge in [-0.25, -0.2) is 0 Å². The van der Waals surface area contributed by atoms with Gasteiger partial charge in [-0.2, -0.15) is 0 Å². The SMILES string of the molecule is CCCC1CCCN(C(=O)CCCCC(=O)O)C1. The molecule has 0 aromatic heterocycles. The molecule has 104 valence electrons. The van der Waals surface area contributed by atoms with Crippen molar-refractivity contribution in [3.05, 3.63) is 0 Å². The molecule has 4 heteroatoms. The zero-order chi connectivity index (χ0) is 13.4. The second-order valence-electron chi connectivity index (χ2n) is 5.24. The molecule has 1 unspecified atom stereocenters. The summed E-state index contributed by atoms with van der Waals surface area (Å²) in [6.07, 6.45) is 6.74. The number of aliphatic carboxylic acids is 1. The normalized spacial score (nSPS) is 19.8. The van der Waals surface area contributed by atoms with Crippen molar-refractivity contribution in [3.8, 4) is 0 Å². The topological polar surface area (TPSA) is 57.6 Å². The van der Waals surface area contributed by atoms with E-state index in [1.54, 1.807) is 0 Å². The zero-order valence-electron chi connectivity index (χ0n) is 11.4. The third-order valence-electron chi connectivity index (χ3n) is 3.60. The van der Waals surface area contributed by atoms with Gasteiger partial charge in [0, 0.05) is 25.9 Å². The van der Waals surface area contributed by atoms with Gasteiger partial charge in [0.1, 0.15) is 0 Å². The number of carbonyl (C=O) groups excluding carboxylic acids is 1. The Labute approximate surface area is 109 Å². The summed E-state index contributed by atoms with van der Waals surface area (Å²) in [6, 6.07) is 0. The van der Waals surface area contributed by atoms with Gasteiger partial charge in [-0.15, -0.1) is 0 Å². The smallest absolute Gasteiger partial charge is 0.303 e. The molecule has 1 fully saturated rings. The maximum absolute atomic E-state index is 12.0. The largest absolute Gasteiger partial charge is 0.481 e. The van der Waals surface area contributed by atoms with E-state index in [1.165, 1.54) is 19.3 Å². The predicted octanol–water partition coefficient (Wildman–Crippen LogP) is 2.67. The lowest BCUT2D eigenvalue weighted by Gasteiger charge is -2.32. The van der Waals surface area contributed by atoms with E-state index in [9.17, 15) is 9.59 Å². The molecule has 0 saturated carbocycles. The fraction of sp³-hybridized carbons (Fsp3) is 0.857. The maximum atomic E-state index is 12.0. The number of unbranched alkanes of at least 4 members (excludes halogenated alkanes) is 1. The Morgan fingerprint density at radius 2 is 2.00 bits per heavy atom. The van der Waals surface area contributed by atoms with Crippen LogP contribution < -0.4 is 0 Å². The van der Waals surface area contributed by atoms with Crippen LogP contribution in [0.2, 0.25) is 0 Å². The first kappa shape index (κ1) is 15.0. The number of hydrogen-bond donors (Lipinski definition) is 1. The quantitative estimate of drug-likeness (QED) is 0.711. The second kappa shape index (κ2) is 8.11. The highest BCUT2D eigenvalue weighted by molar-refractivity contribution is 5.76. The molecule has 1 atom stereocenters. The number of amides is 1. The molecule has 1 N–H and O–H groups in total. The molecule has 1 aliphatic heterocycles. The van der Waals surface area contributed by atoms with Crippen LogP contribution in [0.25, 0.3) is 0 Å². The Morgan fingerprint density at radius 1 is 1.28 bits per heavy atom. The average Bonchev–Trinajstić information content (AvgIpc) is 2.35. The minimum atomic E-state index is -0.775. The summed E-state index contributed by atoms with van der Waals surface area (Å²) in [7, 11) is 0. The third-order valence-corrected chi connectivity index (χ3v) is 3.60. The van der Waals surface area contributed by atoms with Crippen molar-refractivity contribution in [2.24, 2.45) is 5.92 Å². The third kappa shape index (κ3) is 5.52. The summed E-state index contributed by atoms with van der Waals surface area (Å²) in [5.41, 5.74) is 0. The first-order valence-electron chi connectivity index (χ1n) is 7.13. The maximum Gasteiger partial charge on any atom is 0.303 e. The number of carboxylic acid groups (broad SMARTS) is 1. The molecule has 18 heavy (non-hydrogen) atoms. The summed E-state index contributed by atoms with van der Waals surface area (Å²) >= 11 is 0. The lowest BCUT2D eigenvalue weighted by atomic mass is 9.93. The van der Waals surface area contributed by atoms with Crippen molar-refractivity contribution < 1.29 is 14.7 Å². The minimum Gasteiger partial charge on any atom is -0.481 e. The van der Waals surface area contributed by atoms with Crippen molar-refractivity contribution in [2.75, 3.05) is 13.1 Å². The highest BCUT2D eigenvalue weighted by Crippen LogP contribution is 2.21. The molecule has 0 aromatic rings. The lowest BCUT2D eigenvalue weighted by molar-refractivity contribution is -0.138. The monoisotopic (exact) mass is 255 g/mol. The fourth-order valence-corrected chi connectivity index (χ4v) is 2.65. The van der Waals surface area contributed by atoms with Gasteiger partial charge in [0.15, 0.2) is 0 Å². The lowest BCUT2D eigenvalue weighted by Crippen LogP contribution is -2.39. The van der Waals surface area contributed by atoms with Crippen LogP contribution in [0.3, 0.4) is 0 Å².